The topological polar surface area (TPSA) is 45.1 Å². The lowest BCUT2D eigenvalue weighted by Crippen LogP contribution is -2.30. The molecule has 1 aliphatic rings. The third kappa shape index (κ3) is 5.16. The number of nitrogens with zero attached hydrogens (tertiary/aromatic N) is 3. The molecule has 0 N–H and O–H groups in total. The molecule has 1 aliphatic heterocycles. The molecule has 0 aromatic heterocycles. The third-order valence-corrected chi connectivity index (χ3v) is 5.89. The van der Waals surface area contributed by atoms with Crippen LogP contribution in [0.1, 0.15) is 51.7 Å². The van der Waals surface area contributed by atoms with Crippen LogP contribution in [0.3, 0.4) is 0 Å². The SMILES string of the molecule is CCN1C(=O)/C(=C\c2ccc(N(CC)CC)cc2)OC1=NC(C)C(C)c1ccccc1. The van der Waals surface area contributed by atoms with E-state index in [1.54, 1.807) is 11.0 Å². The molecule has 2 unspecified atom stereocenters. The lowest BCUT2D eigenvalue weighted by molar-refractivity contribution is -0.122. The van der Waals surface area contributed by atoms with Gasteiger partial charge in [-0.2, -0.15) is 0 Å². The van der Waals surface area contributed by atoms with Gasteiger partial charge in [-0.1, -0.05) is 49.4 Å². The Hall–Kier alpha value is -3.08. The summed E-state index contributed by atoms with van der Waals surface area (Å²) in [4.78, 5) is 21.5. The Balaban J connectivity index is 1.80. The molecule has 2 aromatic carbocycles. The number of likely N-dealkylation sites (N-methyl/N-ethyl adjacent to an activating group) is 1. The van der Waals surface area contributed by atoms with E-state index in [-0.39, 0.29) is 17.9 Å². The monoisotopic (exact) mass is 419 g/mol. The predicted molar refractivity (Wildman–Crippen MR) is 128 cm³/mol. The van der Waals surface area contributed by atoms with Crippen molar-refractivity contribution in [1.82, 2.24) is 4.90 Å². The lowest BCUT2D eigenvalue weighted by Gasteiger charge is -2.20. The van der Waals surface area contributed by atoms with Crippen LogP contribution in [-0.2, 0) is 9.53 Å². The summed E-state index contributed by atoms with van der Waals surface area (Å²) in [5.41, 5.74) is 3.32. The van der Waals surface area contributed by atoms with E-state index in [1.807, 2.05) is 37.3 Å². The molecule has 1 heterocycles. The standard InChI is InChI=1S/C26H33N3O2/c1-6-28(7-2)23-16-14-21(15-17-23)18-24-25(30)29(8-3)26(31-24)27-20(5)19(4)22-12-10-9-11-13-22/h9-20H,6-8H2,1-5H3/b24-18+,27-26?. The van der Waals surface area contributed by atoms with Gasteiger partial charge in [0.2, 0.25) is 0 Å². The molecule has 3 rings (SSSR count). The summed E-state index contributed by atoms with van der Waals surface area (Å²) in [5, 5.41) is 0. The summed E-state index contributed by atoms with van der Waals surface area (Å²) in [5.74, 6) is 0.385. The number of ether oxygens (including phenoxy) is 1. The van der Waals surface area contributed by atoms with Crippen molar-refractivity contribution < 1.29 is 9.53 Å². The second kappa shape index (κ2) is 10.3. The van der Waals surface area contributed by atoms with E-state index in [1.165, 1.54) is 11.3 Å². The van der Waals surface area contributed by atoms with Crippen LogP contribution < -0.4 is 4.90 Å². The van der Waals surface area contributed by atoms with Crippen LogP contribution in [0.5, 0.6) is 0 Å². The number of carbonyl (C=O) groups is 1. The molecule has 0 aliphatic carbocycles. The normalized spacial score (nSPS) is 18.4. The van der Waals surface area contributed by atoms with Gasteiger partial charge in [-0.15, -0.1) is 0 Å². The number of amidine groups is 1. The van der Waals surface area contributed by atoms with Crippen LogP contribution >= 0.6 is 0 Å². The van der Waals surface area contributed by atoms with Gasteiger partial charge >= 0.3 is 6.02 Å². The van der Waals surface area contributed by atoms with Gasteiger partial charge in [0.05, 0.1) is 6.04 Å². The molecule has 5 heteroatoms. The molecule has 0 bridgehead atoms. The van der Waals surface area contributed by atoms with Crippen LogP contribution in [-0.4, -0.2) is 42.5 Å². The number of benzene rings is 2. The number of hydrogen-bond acceptors (Lipinski definition) is 4. The number of anilines is 1. The highest BCUT2D eigenvalue weighted by molar-refractivity contribution is 6.11. The maximum Gasteiger partial charge on any atom is 0.300 e. The second-order valence-electron chi connectivity index (χ2n) is 7.78. The molecular formula is C26H33N3O2. The predicted octanol–water partition coefficient (Wildman–Crippen LogP) is 5.30. The summed E-state index contributed by atoms with van der Waals surface area (Å²) < 4.78 is 5.93. The maximum absolute atomic E-state index is 12.9. The molecular weight excluding hydrogens is 386 g/mol. The number of rotatable bonds is 8. The van der Waals surface area contributed by atoms with E-state index < -0.39 is 0 Å². The average molecular weight is 420 g/mol. The van der Waals surface area contributed by atoms with Crippen LogP contribution in [0.25, 0.3) is 6.08 Å². The molecule has 2 aromatic rings. The highest BCUT2D eigenvalue weighted by Crippen LogP contribution is 2.25. The fourth-order valence-electron chi connectivity index (χ4n) is 3.73. The summed E-state index contributed by atoms with van der Waals surface area (Å²) in [6.07, 6.45) is 1.80. The van der Waals surface area contributed by atoms with Gasteiger partial charge in [-0.05, 0) is 57.0 Å². The van der Waals surface area contributed by atoms with Crippen LogP contribution in [0.4, 0.5) is 5.69 Å². The first-order valence-electron chi connectivity index (χ1n) is 11.2. The fourth-order valence-corrected chi connectivity index (χ4v) is 3.73. The van der Waals surface area contributed by atoms with Crippen molar-refractivity contribution in [3.05, 3.63) is 71.5 Å². The van der Waals surface area contributed by atoms with Gasteiger partial charge < -0.3 is 9.64 Å². The van der Waals surface area contributed by atoms with Gasteiger partial charge in [0.25, 0.3) is 5.91 Å². The Morgan fingerprint density at radius 3 is 2.23 bits per heavy atom. The molecule has 164 valence electrons. The highest BCUT2D eigenvalue weighted by atomic mass is 16.5. The summed E-state index contributed by atoms with van der Waals surface area (Å²) in [7, 11) is 0. The number of amides is 1. The van der Waals surface area contributed by atoms with Gasteiger partial charge in [0.15, 0.2) is 5.76 Å². The molecule has 2 atom stereocenters. The van der Waals surface area contributed by atoms with Crippen molar-refractivity contribution >= 4 is 23.7 Å². The molecule has 0 spiro atoms. The van der Waals surface area contributed by atoms with E-state index in [0.29, 0.717) is 18.3 Å². The van der Waals surface area contributed by atoms with E-state index in [2.05, 4.69) is 56.9 Å². The Labute approximate surface area is 186 Å². The first-order chi connectivity index (χ1) is 15.0. The van der Waals surface area contributed by atoms with Crippen molar-refractivity contribution in [2.45, 2.75) is 46.6 Å². The van der Waals surface area contributed by atoms with Crippen molar-refractivity contribution in [2.75, 3.05) is 24.5 Å². The largest absolute Gasteiger partial charge is 0.420 e. The van der Waals surface area contributed by atoms with E-state index in [0.717, 1.165) is 18.7 Å². The van der Waals surface area contributed by atoms with Gasteiger partial charge in [-0.25, -0.2) is 4.99 Å². The van der Waals surface area contributed by atoms with Crippen molar-refractivity contribution in [1.29, 1.82) is 0 Å². The third-order valence-electron chi connectivity index (χ3n) is 5.89. The maximum atomic E-state index is 12.9. The first-order valence-corrected chi connectivity index (χ1v) is 11.2. The molecule has 1 saturated heterocycles. The molecule has 0 radical (unpaired) electrons. The quantitative estimate of drug-likeness (QED) is 0.546. The molecule has 5 nitrogen and oxygen atoms in total. The number of hydrogen-bond donors (Lipinski definition) is 0. The summed E-state index contributed by atoms with van der Waals surface area (Å²) >= 11 is 0. The minimum Gasteiger partial charge on any atom is -0.420 e. The zero-order chi connectivity index (χ0) is 22.4. The molecule has 1 fully saturated rings. The fraction of sp³-hybridized carbons (Fsp3) is 0.385. The van der Waals surface area contributed by atoms with E-state index in [9.17, 15) is 4.79 Å². The second-order valence-corrected chi connectivity index (χ2v) is 7.78. The van der Waals surface area contributed by atoms with Crippen LogP contribution in [0.2, 0.25) is 0 Å². The van der Waals surface area contributed by atoms with Crippen molar-refractivity contribution in [2.24, 2.45) is 4.99 Å². The zero-order valence-electron chi connectivity index (χ0n) is 19.2. The Bertz CT molecular complexity index is 931. The average Bonchev–Trinajstić information content (AvgIpc) is 3.09. The molecule has 31 heavy (non-hydrogen) atoms. The smallest absolute Gasteiger partial charge is 0.300 e. The van der Waals surface area contributed by atoms with Gasteiger partial charge in [0.1, 0.15) is 0 Å². The highest BCUT2D eigenvalue weighted by Gasteiger charge is 2.34. The van der Waals surface area contributed by atoms with Crippen LogP contribution in [0, 0.1) is 0 Å². The molecule has 0 saturated carbocycles. The van der Waals surface area contributed by atoms with Gasteiger partial charge in [-0.3, -0.25) is 9.69 Å². The number of aliphatic imine (C=N–C) groups is 1. The van der Waals surface area contributed by atoms with E-state index >= 15 is 0 Å². The van der Waals surface area contributed by atoms with Crippen molar-refractivity contribution in [3.63, 3.8) is 0 Å². The minimum absolute atomic E-state index is 0.0213. The van der Waals surface area contributed by atoms with Gasteiger partial charge in [0, 0.05) is 31.2 Å². The zero-order valence-corrected chi connectivity index (χ0v) is 19.2. The summed E-state index contributed by atoms with van der Waals surface area (Å²) in [6.45, 7) is 12.9. The van der Waals surface area contributed by atoms with Crippen LogP contribution in [0.15, 0.2) is 65.3 Å². The number of carbonyl (C=O) groups excluding carboxylic acids is 1. The first kappa shape index (κ1) is 22.6. The lowest BCUT2D eigenvalue weighted by atomic mass is 9.95. The molecule has 1 amide bonds. The Morgan fingerprint density at radius 2 is 1.65 bits per heavy atom. The minimum atomic E-state index is -0.145. The Kier molecular flexibility index (Phi) is 7.50. The summed E-state index contributed by atoms with van der Waals surface area (Å²) in [6, 6.07) is 18.8. The van der Waals surface area contributed by atoms with Crippen molar-refractivity contribution in [3.8, 4) is 0 Å². The Morgan fingerprint density at radius 1 is 1.00 bits per heavy atom. The van der Waals surface area contributed by atoms with E-state index in [4.69, 9.17) is 9.73 Å².